The summed E-state index contributed by atoms with van der Waals surface area (Å²) in [6.45, 7) is 5.02. The Hall–Kier alpha value is -1.86. The highest BCUT2D eigenvalue weighted by Gasteiger charge is 2.18. The number of carbonyl (C=O) groups excluding carboxylic acids is 1. The van der Waals surface area contributed by atoms with E-state index in [2.05, 4.69) is 15.0 Å². The molecule has 0 N–H and O–H groups in total. The van der Waals surface area contributed by atoms with Crippen molar-refractivity contribution in [3.05, 3.63) is 23.1 Å². The van der Waals surface area contributed by atoms with Crippen LogP contribution in [-0.4, -0.2) is 53.5 Å². The van der Waals surface area contributed by atoms with Crippen LogP contribution in [0.15, 0.2) is 12.3 Å². The molecule has 7 nitrogen and oxygen atoms in total. The molecular formula is C14H17ClN4O3. The maximum atomic E-state index is 11.6. The Morgan fingerprint density at radius 2 is 2.23 bits per heavy atom. The van der Waals surface area contributed by atoms with Crippen molar-refractivity contribution in [3.63, 3.8) is 0 Å². The van der Waals surface area contributed by atoms with Crippen molar-refractivity contribution in [2.75, 3.05) is 37.8 Å². The van der Waals surface area contributed by atoms with Gasteiger partial charge in [0.1, 0.15) is 0 Å². The first-order chi connectivity index (χ1) is 10.7. The highest BCUT2D eigenvalue weighted by atomic mass is 35.5. The van der Waals surface area contributed by atoms with E-state index in [1.807, 2.05) is 0 Å². The number of hydrogen-bond donors (Lipinski definition) is 0. The van der Waals surface area contributed by atoms with Crippen LogP contribution >= 0.6 is 11.6 Å². The Bertz CT molecular complexity index is 682. The summed E-state index contributed by atoms with van der Waals surface area (Å²) in [5.74, 6) is -0.301. The number of rotatable bonds is 4. The van der Waals surface area contributed by atoms with Gasteiger partial charge in [0.2, 0.25) is 0 Å². The number of morpholine rings is 1. The summed E-state index contributed by atoms with van der Waals surface area (Å²) in [5, 5.41) is 4.60. The van der Waals surface area contributed by atoms with Gasteiger partial charge in [0.05, 0.1) is 43.8 Å². The zero-order chi connectivity index (χ0) is 15.5. The SMILES string of the molecule is CCOC(=O)Cc1cn2nc(Cl)cc(N3CCOCC3)c2n1. The van der Waals surface area contributed by atoms with Crippen LogP contribution in [0.25, 0.3) is 5.65 Å². The molecule has 3 rings (SSSR count). The summed E-state index contributed by atoms with van der Waals surface area (Å²) < 4.78 is 11.9. The fourth-order valence-corrected chi connectivity index (χ4v) is 2.65. The van der Waals surface area contributed by atoms with Crippen LogP contribution < -0.4 is 4.90 Å². The lowest BCUT2D eigenvalue weighted by Crippen LogP contribution is -2.36. The van der Waals surface area contributed by atoms with Crippen LogP contribution in [0.4, 0.5) is 5.69 Å². The Morgan fingerprint density at radius 1 is 1.45 bits per heavy atom. The number of halogens is 1. The molecule has 3 heterocycles. The molecular weight excluding hydrogens is 308 g/mol. The van der Waals surface area contributed by atoms with Crippen LogP contribution in [0, 0.1) is 0 Å². The number of imidazole rings is 1. The zero-order valence-electron chi connectivity index (χ0n) is 12.3. The van der Waals surface area contributed by atoms with E-state index in [0.717, 1.165) is 18.8 Å². The second-order valence-electron chi connectivity index (χ2n) is 4.93. The van der Waals surface area contributed by atoms with Crippen LogP contribution in [0.2, 0.25) is 5.15 Å². The first kappa shape index (κ1) is 15.1. The average Bonchev–Trinajstić information content (AvgIpc) is 2.89. The quantitative estimate of drug-likeness (QED) is 0.790. The van der Waals surface area contributed by atoms with Crippen molar-refractivity contribution >= 4 is 28.9 Å². The Morgan fingerprint density at radius 3 is 2.95 bits per heavy atom. The second-order valence-corrected chi connectivity index (χ2v) is 5.32. The van der Waals surface area contributed by atoms with Crippen LogP contribution in [0.5, 0.6) is 0 Å². The molecule has 0 spiro atoms. The number of ether oxygens (including phenoxy) is 2. The standard InChI is InChI=1S/C14H17ClN4O3/c1-2-22-13(20)7-10-9-19-14(16-10)11(8-12(15)17-19)18-3-5-21-6-4-18/h8-9H,2-7H2,1H3. The van der Waals surface area contributed by atoms with Gasteiger partial charge in [-0.3, -0.25) is 4.79 Å². The van der Waals surface area contributed by atoms with Crippen LogP contribution in [0.3, 0.4) is 0 Å². The lowest BCUT2D eigenvalue weighted by atomic mass is 10.3. The van der Waals surface area contributed by atoms with Gasteiger partial charge in [0, 0.05) is 19.2 Å². The molecule has 0 unspecified atom stereocenters. The molecule has 1 saturated heterocycles. The molecule has 1 fully saturated rings. The number of hydrogen-bond acceptors (Lipinski definition) is 6. The molecule has 0 saturated carbocycles. The molecule has 22 heavy (non-hydrogen) atoms. The van der Waals surface area contributed by atoms with Gasteiger partial charge in [0.15, 0.2) is 10.8 Å². The van der Waals surface area contributed by atoms with Crippen LogP contribution in [0.1, 0.15) is 12.6 Å². The van der Waals surface area contributed by atoms with Crippen molar-refractivity contribution in [2.45, 2.75) is 13.3 Å². The van der Waals surface area contributed by atoms with E-state index in [-0.39, 0.29) is 12.4 Å². The molecule has 1 aliphatic rings. The summed E-state index contributed by atoms with van der Waals surface area (Å²) in [6.07, 6.45) is 1.83. The third-order valence-corrected chi connectivity index (χ3v) is 3.59. The summed E-state index contributed by atoms with van der Waals surface area (Å²) in [7, 11) is 0. The summed E-state index contributed by atoms with van der Waals surface area (Å²) in [6, 6.07) is 1.79. The summed E-state index contributed by atoms with van der Waals surface area (Å²) in [4.78, 5) is 18.3. The number of aromatic nitrogens is 3. The predicted octanol–water partition coefficient (Wildman–Crippen LogP) is 1.32. The molecule has 2 aromatic heterocycles. The van der Waals surface area contributed by atoms with Gasteiger partial charge in [-0.1, -0.05) is 11.6 Å². The average molecular weight is 325 g/mol. The molecule has 0 aliphatic carbocycles. The van der Waals surface area contributed by atoms with E-state index in [9.17, 15) is 4.79 Å². The molecule has 2 aromatic rings. The van der Waals surface area contributed by atoms with Crippen molar-refractivity contribution < 1.29 is 14.3 Å². The highest BCUT2D eigenvalue weighted by Crippen LogP contribution is 2.24. The van der Waals surface area contributed by atoms with E-state index < -0.39 is 0 Å². The topological polar surface area (TPSA) is 69.0 Å². The minimum Gasteiger partial charge on any atom is -0.466 e. The van der Waals surface area contributed by atoms with Gasteiger partial charge in [-0.25, -0.2) is 9.50 Å². The molecule has 1 aliphatic heterocycles. The van der Waals surface area contributed by atoms with Gasteiger partial charge < -0.3 is 14.4 Å². The zero-order valence-corrected chi connectivity index (χ0v) is 13.0. The minimum atomic E-state index is -0.301. The Kier molecular flexibility index (Phi) is 4.44. The monoisotopic (exact) mass is 324 g/mol. The number of nitrogens with zero attached hydrogens (tertiary/aromatic N) is 4. The number of fused-ring (bicyclic) bond motifs is 1. The first-order valence-corrected chi connectivity index (χ1v) is 7.58. The normalized spacial score (nSPS) is 15.3. The smallest absolute Gasteiger partial charge is 0.311 e. The molecule has 0 radical (unpaired) electrons. The van der Waals surface area contributed by atoms with E-state index in [0.29, 0.717) is 36.3 Å². The third kappa shape index (κ3) is 3.15. The van der Waals surface area contributed by atoms with Gasteiger partial charge in [-0.15, -0.1) is 0 Å². The van der Waals surface area contributed by atoms with Gasteiger partial charge in [-0.2, -0.15) is 5.10 Å². The highest BCUT2D eigenvalue weighted by molar-refractivity contribution is 6.29. The van der Waals surface area contributed by atoms with Crippen LogP contribution in [-0.2, 0) is 20.7 Å². The number of carbonyl (C=O) groups is 1. The van der Waals surface area contributed by atoms with Crippen molar-refractivity contribution in [1.82, 2.24) is 14.6 Å². The molecule has 0 aromatic carbocycles. The second kappa shape index (κ2) is 6.50. The predicted molar refractivity (Wildman–Crippen MR) is 81.4 cm³/mol. The van der Waals surface area contributed by atoms with Gasteiger partial charge >= 0.3 is 5.97 Å². The lowest BCUT2D eigenvalue weighted by molar-refractivity contribution is -0.142. The third-order valence-electron chi connectivity index (χ3n) is 3.41. The maximum absolute atomic E-state index is 11.6. The van der Waals surface area contributed by atoms with E-state index in [1.165, 1.54) is 0 Å². The molecule has 8 heteroatoms. The first-order valence-electron chi connectivity index (χ1n) is 7.20. The minimum absolute atomic E-state index is 0.122. The number of anilines is 1. The lowest BCUT2D eigenvalue weighted by Gasteiger charge is -2.28. The van der Waals surface area contributed by atoms with Gasteiger partial charge in [0.25, 0.3) is 0 Å². The maximum Gasteiger partial charge on any atom is 0.311 e. The van der Waals surface area contributed by atoms with Crippen molar-refractivity contribution in [2.24, 2.45) is 0 Å². The largest absolute Gasteiger partial charge is 0.466 e. The molecule has 0 atom stereocenters. The fraction of sp³-hybridized carbons (Fsp3) is 0.500. The van der Waals surface area contributed by atoms with Crippen molar-refractivity contribution in [1.29, 1.82) is 0 Å². The Labute approximate surface area is 132 Å². The molecule has 0 bridgehead atoms. The fourth-order valence-electron chi connectivity index (χ4n) is 2.46. The van der Waals surface area contributed by atoms with Crippen molar-refractivity contribution in [3.8, 4) is 0 Å². The number of esters is 1. The molecule has 118 valence electrons. The molecule has 0 amide bonds. The van der Waals surface area contributed by atoms with E-state index in [4.69, 9.17) is 21.1 Å². The Balaban J connectivity index is 1.94. The summed E-state index contributed by atoms with van der Waals surface area (Å²) in [5.41, 5.74) is 2.20. The van der Waals surface area contributed by atoms with E-state index in [1.54, 1.807) is 23.7 Å². The van der Waals surface area contributed by atoms with E-state index >= 15 is 0 Å². The summed E-state index contributed by atoms with van der Waals surface area (Å²) >= 11 is 6.10. The van der Waals surface area contributed by atoms with Gasteiger partial charge in [-0.05, 0) is 6.92 Å².